The molecule has 4 rings (SSSR count). The number of nitrogens with zero attached hydrogens (tertiary/aromatic N) is 7. The van der Waals surface area contributed by atoms with E-state index >= 15 is 0 Å². The molecule has 10 heteroatoms. The third-order valence-corrected chi connectivity index (χ3v) is 4.15. The Morgan fingerprint density at radius 3 is 2.82 bits per heavy atom. The summed E-state index contributed by atoms with van der Waals surface area (Å²) in [4.78, 5) is 4.31. The van der Waals surface area contributed by atoms with E-state index in [1.54, 1.807) is 21.6 Å². The van der Waals surface area contributed by atoms with Crippen molar-refractivity contribution >= 4 is 17.3 Å². The van der Waals surface area contributed by atoms with Crippen LogP contribution in [-0.2, 0) is 6.54 Å². The maximum Gasteiger partial charge on any atom is 0.189 e. The lowest BCUT2D eigenvalue weighted by Gasteiger charge is -2.09. The highest BCUT2D eigenvalue weighted by atomic mass is 16.3. The lowest BCUT2D eigenvalue weighted by Crippen LogP contribution is -2.12. The number of nitrogens with two attached hydrogens (primary N) is 1. The number of fused-ring (bicyclic) bond motifs is 1. The third kappa shape index (κ3) is 3.37. The van der Waals surface area contributed by atoms with Gasteiger partial charge in [-0.2, -0.15) is 9.61 Å². The minimum atomic E-state index is 0.0243. The van der Waals surface area contributed by atoms with Crippen molar-refractivity contribution in [3.05, 3.63) is 36.8 Å². The van der Waals surface area contributed by atoms with E-state index in [0.717, 1.165) is 16.9 Å². The molecule has 0 radical (unpaired) electrons. The van der Waals surface area contributed by atoms with E-state index < -0.39 is 0 Å². The largest absolute Gasteiger partial charge is 0.394 e. The highest BCUT2D eigenvalue weighted by Gasteiger charge is 2.16. The minimum Gasteiger partial charge on any atom is -0.394 e. The van der Waals surface area contributed by atoms with Crippen molar-refractivity contribution in [2.24, 2.45) is 0 Å². The molecule has 0 bridgehead atoms. The molecule has 4 N–H and O–H groups in total. The van der Waals surface area contributed by atoms with Crippen molar-refractivity contribution in [3.8, 4) is 22.5 Å². The molecule has 0 saturated carbocycles. The Bertz CT molecular complexity index is 1120. The number of aliphatic hydroxyl groups is 1. The molecule has 4 aromatic rings. The molecule has 28 heavy (non-hydrogen) atoms. The van der Waals surface area contributed by atoms with Crippen molar-refractivity contribution in [1.82, 2.24) is 34.6 Å². The topological polar surface area (TPSA) is 132 Å². The standard InChI is InChI=1S/C18H21N9O/c1-11(2)22-15-3-4-16-23-24-18(27(16)25-15)14-7-12(8-20-17(14)19)13-9-21-26(10-13)5-6-28/h3-4,7-11,28H,5-6H2,1-2H3,(H2,19,20)(H,22,25). The van der Waals surface area contributed by atoms with Gasteiger partial charge in [0, 0.05) is 29.6 Å². The molecule has 0 aliphatic heterocycles. The zero-order valence-electron chi connectivity index (χ0n) is 15.6. The molecule has 0 spiro atoms. The summed E-state index contributed by atoms with van der Waals surface area (Å²) in [6, 6.07) is 5.85. The molecule has 0 amide bonds. The summed E-state index contributed by atoms with van der Waals surface area (Å²) in [5.74, 6) is 1.57. The van der Waals surface area contributed by atoms with Crippen LogP contribution in [0.15, 0.2) is 36.8 Å². The second kappa shape index (κ2) is 7.24. The highest BCUT2D eigenvalue weighted by molar-refractivity contribution is 5.76. The van der Waals surface area contributed by atoms with Gasteiger partial charge >= 0.3 is 0 Å². The fourth-order valence-corrected chi connectivity index (χ4v) is 2.88. The van der Waals surface area contributed by atoms with Crippen molar-refractivity contribution < 1.29 is 5.11 Å². The summed E-state index contributed by atoms with van der Waals surface area (Å²) in [6.07, 6.45) is 5.25. The van der Waals surface area contributed by atoms with Crippen molar-refractivity contribution in [2.75, 3.05) is 17.7 Å². The third-order valence-electron chi connectivity index (χ3n) is 4.15. The van der Waals surface area contributed by atoms with Crippen LogP contribution in [0.4, 0.5) is 11.6 Å². The molecule has 0 aliphatic carbocycles. The average molecular weight is 379 g/mol. The summed E-state index contributed by atoms with van der Waals surface area (Å²) >= 11 is 0. The van der Waals surface area contributed by atoms with Crippen LogP contribution in [0.1, 0.15) is 13.8 Å². The fourth-order valence-electron chi connectivity index (χ4n) is 2.88. The number of hydrogen-bond donors (Lipinski definition) is 3. The normalized spacial score (nSPS) is 11.4. The first-order chi connectivity index (χ1) is 13.5. The molecular formula is C18H21N9O. The van der Waals surface area contributed by atoms with Gasteiger partial charge in [0.05, 0.1) is 24.9 Å². The lowest BCUT2D eigenvalue weighted by molar-refractivity contribution is 0.269. The Kier molecular flexibility index (Phi) is 4.62. The zero-order chi connectivity index (χ0) is 19.7. The second-order valence-corrected chi connectivity index (χ2v) is 6.68. The quantitative estimate of drug-likeness (QED) is 0.458. The van der Waals surface area contributed by atoms with Gasteiger partial charge in [-0.1, -0.05) is 0 Å². The first kappa shape index (κ1) is 17.9. The van der Waals surface area contributed by atoms with Crippen LogP contribution in [0.2, 0.25) is 0 Å². The second-order valence-electron chi connectivity index (χ2n) is 6.68. The predicted octanol–water partition coefficient (Wildman–Crippen LogP) is 1.44. The number of rotatable bonds is 6. The van der Waals surface area contributed by atoms with Gasteiger partial charge in [-0.05, 0) is 32.0 Å². The van der Waals surface area contributed by atoms with Gasteiger partial charge in [-0.3, -0.25) is 4.68 Å². The highest BCUT2D eigenvalue weighted by Crippen LogP contribution is 2.28. The van der Waals surface area contributed by atoms with Gasteiger partial charge in [0.25, 0.3) is 0 Å². The van der Waals surface area contributed by atoms with Crippen LogP contribution in [0, 0.1) is 0 Å². The Labute approximate surface area is 161 Å². The van der Waals surface area contributed by atoms with E-state index in [0.29, 0.717) is 29.4 Å². The van der Waals surface area contributed by atoms with Gasteiger partial charge in [0.2, 0.25) is 0 Å². The lowest BCUT2D eigenvalue weighted by atomic mass is 10.1. The summed E-state index contributed by atoms with van der Waals surface area (Å²) in [7, 11) is 0. The predicted molar refractivity (Wildman–Crippen MR) is 105 cm³/mol. The molecular weight excluding hydrogens is 358 g/mol. The van der Waals surface area contributed by atoms with E-state index in [-0.39, 0.29) is 12.6 Å². The van der Waals surface area contributed by atoms with Crippen LogP contribution in [0.25, 0.3) is 28.2 Å². The SMILES string of the molecule is CC(C)Nc1ccc2nnc(-c3cc(-c4cnn(CCO)c4)cnc3N)n2n1. The van der Waals surface area contributed by atoms with E-state index in [1.807, 2.05) is 38.2 Å². The molecule has 4 aromatic heterocycles. The number of aromatic nitrogens is 7. The number of aliphatic hydroxyl groups excluding tert-OH is 1. The van der Waals surface area contributed by atoms with E-state index in [2.05, 4.69) is 30.7 Å². The van der Waals surface area contributed by atoms with E-state index in [4.69, 9.17) is 10.8 Å². The van der Waals surface area contributed by atoms with Crippen LogP contribution in [0.3, 0.4) is 0 Å². The Hall–Kier alpha value is -3.53. The van der Waals surface area contributed by atoms with Crippen molar-refractivity contribution in [3.63, 3.8) is 0 Å². The maximum absolute atomic E-state index is 9.06. The van der Waals surface area contributed by atoms with Gasteiger partial charge in [-0.25, -0.2) is 4.98 Å². The Morgan fingerprint density at radius 2 is 2.04 bits per heavy atom. The summed E-state index contributed by atoms with van der Waals surface area (Å²) in [6.45, 7) is 4.54. The van der Waals surface area contributed by atoms with Crippen LogP contribution in [0.5, 0.6) is 0 Å². The number of anilines is 2. The molecule has 10 nitrogen and oxygen atoms in total. The molecule has 0 aliphatic rings. The minimum absolute atomic E-state index is 0.0243. The average Bonchev–Trinajstić information content (AvgIpc) is 3.29. The number of nitrogen functional groups attached to an aromatic ring is 1. The van der Waals surface area contributed by atoms with Gasteiger partial charge in [0.1, 0.15) is 11.6 Å². The molecule has 0 fully saturated rings. The number of hydrogen-bond acceptors (Lipinski definition) is 8. The summed E-state index contributed by atoms with van der Waals surface area (Å²) in [5.41, 5.74) is 9.08. The Morgan fingerprint density at radius 1 is 1.18 bits per heavy atom. The van der Waals surface area contributed by atoms with Gasteiger partial charge in [0.15, 0.2) is 11.5 Å². The van der Waals surface area contributed by atoms with E-state index in [9.17, 15) is 0 Å². The van der Waals surface area contributed by atoms with E-state index in [1.165, 1.54) is 0 Å². The molecule has 0 unspecified atom stereocenters. The maximum atomic E-state index is 9.06. The van der Waals surface area contributed by atoms with Crippen LogP contribution < -0.4 is 11.1 Å². The molecule has 144 valence electrons. The Balaban J connectivity index is 1.78. The monoisotopic (exact) mass is 379 g/mol. The van der Waals surface area contributed by atoms with Gasteiger partial charge in [-0.15, -0.1) is 15.3 Å². The van der Waals surface area contributed by atoms with Crippen molar-refractivity contribution in [1.29, 1.82) is 0 Å². The zero-order valence-corrected chi connectivity index (χ0v) is 15.6. The number of pyridine rings is 1. The molecule has 0 atom stereocenters. The van der Waals surface area contributed by atoms with Crippen LogP contribution in [-0.4, -0.2) is 52.3 Å². The van der Waals surface area contributed by atoms with Crippen LogP contribution >= 0.6 is 0 Å². The molecule has 0 aromatic carbocycles. The smallest absolute Gasteiger partial charge is 0.189 e. The summed E-state index contributed by atoms with van der Waals surface area (Å²) < 4.78 is 3.32. The molecule has 4 heterocycles. The number of nitrogens with one attached hydrogen (secondary N) is 1. The first-order valence-electron chi connectivity index (χ1n) is 8.93. The molecule has 0 saturated heterocycles. The summed E-state index contributed by atoms with van der Waals surface area (Å²) in [5, 5.41) is 29.6. The first-order valence-corrected chi connectivity index (χ1v) is 8.93. The van der Waals surface area contributed by atoms with Gasteiger partial charge < -0.3 is 16.2 Å². The fraction of sp³-hybridized carbons (Fsp3) is 0.278. The van der Waals surface area contributed by atoms with Crippen molar-refractivity contribution in [2.45, 2.75) is 26.4 Å².